The average Bonchev–Trinajstić information content (AvgIpc) is 3.29. The van der Waals surface area contributed by atoms with Gasteiger partial charge in [-0.3, -0.25) is 9.36 Å². The Morgan fingerprint density at radius 3 is 2.71 bits per heavy atom. The Morgan fingerprint density at radius 2 is 2.00 bits per heavy atom. The number of carboxylic acid groups (broad SMARTS) is 1. The van der Waals surface area contributed by atoms with E-state index < -0.39 is 42.8 Å². The number of fused-ring (bicyclic) bond motifs is 1. The van der Waals surface area contributed by atoms with Gasteiger partial charge in [0.15, 0.2) is 10.8 Å². The number of carbonyl (C=O) groups excluding carboxylic acids is 1. The van der Waals surface area contributed by atoms with E-state index in [1.165, 1.54) is 17.2 Å². The lowest BCUT2D eigenvalue weighted by Gasteiger charge is -2.19. The number of aromatic nitrogens is 4. The fraction of sp³-hybridized carbons (Fsp3) is 0.350. The summed E-state index contributed by atoms with van der Waals surface area (Å²) < 4.78 is 27.6. The third kappa shape index (κ3) is 4.21. The van der Waals surface area contributed by atoms with Gasteiger partial charge in [0.25, 0.3) is 0 Å². The average molecular weight is 449 g/mol. The van der Waals surface area contributed by atoms with Crippen LogP contribution < -0.4 is 0 Å². The van der Waals surface area contributed by atoms with Gasteiger partial charge in [0.05, 0.1) is 18.3 Å². The minimum Gasteiger partial charge on any atom is -0.481 e. The molecule has 4 atom stereocenters. The van der Waals surface area contributed by atoms with Crippen LogP contribution in [-0.4, -0.2) is 55.4 Å². The first-order chi connectivity index (χ1) is 14.8. The van der Waals surface area contributed by atoms with E-state index in [4.69, 9.17) is 21.1 Å². The zero-order valence-electron chi connectivity index (χ0n) is 16.3. The van der Waals surface area contributed by atoms with Gasteiger partial charge in [-0.15, -0.1) is 0 Å². The van der Waals surface area contributed by atoms with Crippen LogP contribution in [0, 0.1) is 12.8 Å². The fourth-order valence-corrected chi connectivity index (χ4v) is 3.72. The van der Waals surface area contributed by atoms with E-state index in [9.17, 15) is 14.7 Å². The van der Waals surface area contributed by atoms with Crippen LogP contribution in [0.5, 0.6) is 0 Å². The van der Waals surface area contributed by atoms with Crippen LogP contribution >= 0.6 is 11.6 Å². The highest BCUT2D eigenvalue weighted by Crippen LogP contribution is 2.40. The summed E-state index contributed by atoms with van der Waals surface area (Å²) >= 11 is 6.01. The number of nitrogens with zero attached hydrogens (tertiary/aromatic N) is 4. The molecule has 1 saturated heterocycles. The molecule has 3 aromatic rings. The molecule has 1 aliphatic heterocycles. The first-order valence-corrected chi connectivity index (χ1v) is 9.81. The van der Waals surface area contributed by atoms with Crippen molar-refractivity contribution < 1.29 is 28.6 Å². The number of aryl methyl sites for hydroxylation is 1. The number of carboxylic acids is 1. The molecule has 0 bridgehead atoms. The quantitative estimate of drug-likeness (QED) is 0.452. The summed E-state index contributed by atoms with van der Waals surface area (Å²) in [5.41, 5.74) is 1.87. The van der Waals surface area contributed by atoms with Gasteiger partial charge in [-0.1, -0.05) is 29.3 Å². The molecule has 4 rings (SSSR count). The predicted molar refractivity (Wildman–Crippen MR) is 106 cm³/mol. The second-order valence-electron chi connectivity index (χ2n) is 7.22. The standard InChI is InChI=1S/C20H18ClFN4O5/c1-10-2-4-11(5-3-10)20(29)30-7-13-15(22)12(6-14(27)28)19(31-13)26-9-25-16-17(21)23-8-24-18(16)26/h2-5,8-9,12-13,15,19H,6-7H2,1H3,(H,27,28)/t12?,13-,15-,19-/m1/s1. The molecule has 1 N–H and O–H groups in total. The number of imidazole rings is 1. The number of rotatable bonds is 6. The molecule has 162 valence electrons. The Bertz CT molecular complexity index is 1120. The highest BCUT2D eigenvalue weighted by molar-refractivity contribution is 6.33. The van der Waals surface area contributed by atoms with Crippen LogP contribution in [0.15, 0.2) is 36.9 Å². The zero-order chi connectivity index (χ0) is 22.1. The molecule has 0 saturated carbocycles. The van der Waals surface area contributed by atoms with Crippen molar-refractivity contribution in [1.82, 2.24) is 19.5 Å². The SMILES string of the molecule is Cc1ccc(C(=O)OC[C@H]2O[C@@H](n3cnc4c(Cl)ncnc43)C(CC(=O)O)[C@H]2F)cc1. The summed E-state index contributed by atoms with van der Waals surface area (Å²) in [6, 6.07) is 6.74. The summed E-state index contributed by atoms with van der Waals surface area (Å²) in [6.07, 6.45) is -1.80. The molecule has 31 heavy (non-hydrogen) atoms. The number of hydrogen-bond donors (Lipinski definition) is 1. The number of carbonyl (C=O) groups is 2. The number of aliphatic carboxylic acids is 1. The second kappa shape index (κ2) is 8.56. The van der Waals surface area contributed by atoms with Crippen LogP contribution in [0.2, 0.25) is 5.15 Å². The first kappa shape index (κ1) is 21.1. The van der Waals surface area contributed by atoms with E-state index in [0.29, 0.717) is 5.56 Å². The third-order valence-electron chi connectivity index (χ3n) is 5.11. The maximum Gasteiger partial charge on any atom is 0.338 e. The maximum absolute atomic E-state index is 15.2. The van der Waals surface area contributed by atoms with E-state index >= 15 is 4.39 Å². The highest BCUT2D eigenvalue weighted by Gasteiger charge is 2.48. The number of alkyl halides is 1. The predicted octanol–water partition coefficient (Wildman–Crippen LogP) is 2.97. The van der Waals surface area contributed by atoms with E-state index in [2.05, 4.69) is 15.0 Å². The molecule has 0 spiro atoms. The zero-order valence-corrected chi connectivity index (χ0v) is 17.1. The van der Waals surface area contributed by atoms with Gasteiger partial charge in [0, 0.05) is 5.92 Å². The topological polar surface area (TPSA) is 116 Å². The number of halogens is 2. The van der Waals surface area contributed by atoms with Gasteiger partial charge in [-0.2, -0.15) is 0 Å². The molecule has 1 unspecified atom stereocenters. The van der Waals surface area contributed by atoms with Gasteiger partial charge >= 0.3 is 11.9 Å². The molecule has 3 heterocycles. The van der Waals surface area contributed by atoms with Gasteiger partial charge < -0.3 is 14.6 Å². The van der Waals surface area contributed by atoms with E-state index in [0.717, 1.165) is 5.56 Å². The maximum atomic E-state index is 15.2. The van der Waals surface area contributed by atoms with E-state index in [-0.39, 0.29) is 22.9 Å². The molecule has 1 aliphatic rings. The Morgan fingerprint density at radius 1 is 1.26 bits per heavy atom. The van der Waals surface area contributed by atoms with Crippen LogP contribution in [-0.2, 0) is 14.3 Å². The summed E-state index contributed by atoms with van der Waals surface area (Å²) in [7, 11) is 0. The Labute approximate surface area is 180 Å². The van der Waals surface area contributed by atoms with Gasteiger partial charge in [0.1, 0.15) is 37.0 Å². The highest BCUT2D eigenvalue weighted by atomic mass is 35.5. The molecule has 1 aromatic carbocycles. The Hall–Kier alpha value is -3.11. The molecule has 11 heteroatoms. The largest absolute Gasteiger partial charge is 0.481 e. The minimum atomic E-state index is -1.69. The molecule has 9 nitrogen and oxygen atoms in total. The van der Waals surface area contributed by atoms with Crippen LogP contribution in [0.4, 0.5) is 4.39 Å². The minimum absolute atomic E-state index is 0.108. The molecule has 0 radical (unpaired) electrons. The smallest absolute Gasteiger partial charge is 0.338 e. The molecular formula is C20H18ClFN4O5. The Kier molecular flexibility index (Phi) is 5.84. The van der Waals surface area contributed by atoms with Crippen molar-refractivity contribution in [3.05, 3.63) is 53.2 Å². The second-order valence-corrected chi connectivity index (χ2v) is 7.58. The number of esters is 1. The lowest BCUT2D eigenvalue weighted by molar-refractivity contribution is -0.139. The van der Waals surface area contributed by atoms with Crippen molar-refractivity contribution in [3.63, 3.8) is 0 Å². The third-order valence-corrected chi connectivity index (χ3v) is 5.39. The van der Waals surface area contributed by atoms with E-state index in [1.807, 2.05) is 6.92 Å². The van der Waals surface area contributed by atoms with Crippen LogP contribution in [0.3, 0.4) is 0 Å². The van der Waals surface area contributed by atoms with E-state index in [1.54, 1.807) is 24.3 Å². The summed E-state index contributed by atoms with van der Waals surface area (Å²) in [5, 5.41) is 9.37. The van der Waals surface area contributed by atoms with Crippen molar-refractivity contribution >= 4 is 34.7 Å². The lowest BCUT2D eigenvalue weighted by Crippen LogP contribution is -2.29. The van der Waals surface area contributed by atoms with Crippen molar-refractivity contribution in [3.8, 4) is 0 Å². The lowest BCUT2D eigenvalue weighted by atomic mass is 9.97. The number of hydrogen-bond acceptors (Lipinski definition) is 7. The van der Waals surface area contributed by atoms with Crippen molar-refractivity contribution in [2.24, 2.45) is 5.92 Å². The van der Waals surface area contributed by atoms with Crippen molar-refractivity contribution in [2.45, 2.75) is 31.8 Å². The van der Waals surface area contributed by atoms with Crippen LogP contribution in [0.1, 0.15) is 28.6 Å². The van der Waals surface area contributed by atoms with Crippen molar-refractivity contribution in [2.75, 3.05) is 6.61 Å². The summed E-state index contributed by atoms with van der Waals surface area (Å²) in [5.74, 6) is -2.86. The van der Waals surface area contributed by atoms with Gasteiger partial charge in [0.2, 0.25) is 0 Å². The molecule has 0 aliphatic carbocycles. The summed E-state index contributed by atoms with van der Waals surface area (Å²) in [4.78, 5) is 35.7. The molecule has 0 amide bonds. The normalized spacial score (nSPS) is 23.2. The Balaban J connectivity index is 1.55. The molecule has 2 aromatic heterocycles. The van der Waals surface area contributed by atoms with Gasteiger partial charge in [-0.25, -0.2) is 24.1 Å². The summed E-state index contributed by atoms with van der Waals surface area (Å²) in [6.45, 7) is 1.51. The monoisotopic (exact) mass is 448 g/mol. The first-order valence-electron chi connectivity index (χ1n) is 9.43. The van der Waals surface area contributed by atoms with Crippen molar-refractivity contribution in [1.29, 1.82) is 0 Å². The molecule has 1 fully saturated rings. The number of ether oxygens (including phenoxy) is 2. The van der Waals surface area contributed by atoms with Crippen LogP contribution in [0.25, 0.3) is 11.2 Å². The fourth-order valence-electron chi connectivity index (χ4n) is 3.55. The van der Waals surface area contributed by atoms with Gasteiger partial charge in [-0.05, 0) is 19.1 Å². The molecular weight excluding hydrogens is 431 g/mol. The number of benzene rings is 1.